The predicted molar refractivity (Wildman–Crippen MR) is 129 cm³/mol. The van der Waals surface area contributed by atoms with Crippen LogP contribution in [-0.4, -0.2) is 24.7 Å². The summed E-state index contributed by atoms with van der Waals surface area (Å²) in [6.07, 6.45) is 0.538. The third-order valence-corrected chi connectivity index (χ3v) is 6.53. The number of hydrogen-bond acceptors (Lipinski definition) is 9. The van der Waals surface area contributed by atoms with E-state index in [2.05, 4.69) is 15.5 Å². The average Bonchev–Trinajstić information content (AvgIpc) is 3.49. The fraction of sp³-hybridized carbons (Fsp3) is 0.0909. The van der Waals surface area contributed by atoms with E-state index in [1.807, 2.05) is 35.0 Å². The maximum Gasteiger partial charge on any atom is 0.269 e. The largest absolute Gasteiger partial charge is 0.330 e. The van der Waals surface area contributed by atoms with Crippen molar-refractivity contribution in [2.75, 3.05) is 5.32 Å². The molecule has 0 aliphatic carbocycles. The van der Waals surface area contributed by atoms with Crippen molar-refractivity contribution < 1.29 is 4.92 Å². The third-order valence-electron chi connectivity index (χ3n) is 4.97. The summed E-state index contributed by atoms with van der Waals surface area (Å²) in [7, 11) is 0. The Bertz CT molecular complexity index is 1490. The van der Waals surface area contributed by atoms with Gasteiger partial charge in [0.25, 0.3) is 11.2 Å². The van der Waals surface area contributed by atoms with Crippen molar-refractivity contribution in [2.24, 2.45) is 0 Å². The van der Waals surface area contributed by atoms with Gasteiger partial charge in [-0.25, -0.2) is 4.98 Å². The minimum absolute atomic E-state index is 0.0137. The number of non-ortho nitro benzene ring substituents is 1. The number of nitrogens with zero attached hydrogens (tertiary/aromatic N) is 5. The summed E-state index contributed by atoms with van der Waals surface area (Å²) in [6, 6.07) is 15.4. The van der Waals surface area contributed by atoms with Crippen molar-refractivity contribution in [1.29, 1.82) is 0 Å². The van der Waals surface area contributed by atoms with Crippen molar-refractivity contribution in [2.45, 2.75) is 13.0 Å². The number of fused-ring (bicyclic) bond motifs is 1. The summed E-state index contributed by atoms with van der Waals surface area (Å²) in [5.74, 6) is 0.664. The molecule has 5 aromatic rings. The molecule has 0 aliphatic rings. The molecule has 0 atom stereocenters. The van der Waals surface area contributed by atoms with Crippen LogP contribution in [0.5, 0.6) is 0 Å². The highest BCUT2D eigenvalue weighted by Crippen LogP contribution is 2.24. The second kappa shape index (κ2) is 8.88. The van der Waals surface area contributed by atoms with Crippen molar-refractivity contribution in [3.63, 3.8) is 0 Å². The third kappa shape index (κ3) is 4.49. The molecule has 0 saturated heterocycles. The number of nitrogens with one attached hydrogen (secondary N) is 1. The molecule has 5 rings (SSSR count). The molecule has 0 unspecified atom stereocenters. The van der Waals surface area contributed by atoms with Crippen LogP contribution in [-0.2, 0) is 13.0 Å². The monoisotopic (exact) mass is 476 g/mol. The van der Waals surface area contributed by atoms with E-state index in [0.717, 1.165) is 5.56 Å². The lowest BCUT2D eigenvalue weighted by Gasteiger charge is -2.12. The highest BCUT2D eigenvalue weighted by Gasteiger charge is 2.15. The van der Waals surface area contributed by atoms with E-state index in [4.69, 9.17) is 4.98 Å². The molecule has 2 aromatic carbocycles. The van der Waals surface area contributed by atoms with E-state index in [0.29, 0.717) is 39.0 Å². The average molecular weight is 477 g/mol. The maximum atomic E-state index is 13.3. The quantitative estimate of drug-likeness (QED) is 0.269. The molecule has 3 heterocycles. The Balaban J connectivity index is 1.44. The standard InChI is InChI=1S/C22H16N6O3S2/c29-21-17-3-1-2-4-18(17)24-19(11-14-9-10-32-13-14)27(21)12-20-25-26-22(33-20)23-15-5-7-16(8-6-15)28(30)31/h1-10,13H,11-12H2,(H,23,26). The van der Waals surface area contributed by atoms with Gasteiger partial charge >= 0.3 is 0 Å². The van der Waals surface area contributed by atoms with Gasteiger partial charge in [0.05, 0.1) is 22.4 Å². The van der Waals surface area contributed by atoms with Crippen molar-refractivity contribution in [1.82, 2.24) is 19.7 Å². The topological polar surface area (TPSA) is 116 Å². The Kier molecular flexibility index (Phi) is 5.63. The highest BCUT2D eigenvalue weighted by molar-refractivity contribution is 7.15. The number of nitro benzene ring substituents is 1. The molecule has 0 radical (unpaired) electrons. The summed E-state index contributed by atoms with van der Waals surface area (Å²) < 4.78 is 1.65. The number of aromatic nitrogens is 4. The number of para-hydroxylation sites is 1. The normalized spacial score (nSPS) is 11.0. The molecule has 33 heavy (non-hydrogen) atoms. The number of hydrogen-bond donors (Lipinski definition) is 1. The fourth-order valence-corrected chi connectivity index (χ4v) is 4.80. The van der Waals surface area contributed by atoms with Gasteiger partial charge in [0.15, 0.2) is 0 Å². The lowest BCUT2D eigenvalue weighted by molar-refractivity contribution is -0.384. The van der Waals surface area contributed by atoms with Crippen LogP contribution in [0.1, 0.15) is 16.4 Å². The second-order valence-electron chi connectivity index (χ2n) is 7.17. The summed E-state index contributed by atoms with van der Waals surface area (Å²) in [5.41, 5.74) is 2.31. The van der Waals surface area contributed by atoms with E-state index in [-0.39, 0.29) is 17.8 Å². The molecule has 1 N–H and O–H groups in total. The van der Waals surface area contributed by atoms with Crippen LogP contribution in [0.25, 0.3) is 10.9 Å². The lowest BCUT2D eigenvalue weighted by Crippen LogP contribution is -2.26. The first kappa shape index (κ1) is 20.9. The van der Waals surface area contributed by atoms with Crippen LogP contribution in [0.2, 0.25) is 0 Å². The smallest absolute Gasteiger partial charge is 0.269 e. The van der Waals surface area contributed by atoms with Crippen LogP contribution in [0.15, 0.2) is 70.2 Å². The molecule has 0 aliphatic heterocycles. The van der Waals surface area contributed by atoms with Crippen molar-refractivity contribution in [3.8, 4) is 0 Å². The molecule has 0 spiro atoms. The first-order valence-corrected chi connectivity index (χ1v) is 11.7. The van der Waals surface area contributed by atoms with Gasteiger partial charge in [-0.15, -0.1) is 10.2 Å². The number of rotatable bonds is 7. The van der Waals surface area contributed by atoms with Gasteiger partial charge in [-0.05, 0) is 46.7 Å². The zero-order chi connectivity index (χ0) is 22.8. The number of thiophene rings is 1. The van der Waals surface area contributed by atoms with Gasteiger partial charge < -0.3 is 5.32 Å². The molecule has 0 fully saturated rings. The van der Waals surface area contributed by atoms with E-state index in [1.54, 1.807) is 34.1 Å². The van der Waals surface area contributed by atoms with Gasteiger partial charge in [-0.2, -0.15) is 11.3 Å². The molecule has 164 valence electrons. The van der Waals surface area contributed by atoms with E-state index in [9.17, 15) is 14.9 Å². The molecular formula is C22H16N6O3S2. The minimum atomic E-state index is -0.449. The molecule has 9 nitrogen and oxygen atoms in total. The molecule has 3 aromatic heterocycles. The van der Waals surface area contributed by atoms with Crippen LogP contribution < -0.4 is 10.9 Å². The molecule has 0 amide bonds. The van der Waals surface area contributed by atoms with E-state index in [1.165, 1.54) is 23.5 Å². The van der Waals surface area contributed by atoms with Gasteiger partial charge in [0, 0.05) is 24.2 Å². The van der Waals surface area contributed by atoms with Crippen molar-refractivity contribution >= 4 is 50.1 Å². The Hall–Kier alpha value is -3.96. The van der Waals surface area contributed by atoms with Crippen LogP contribution in [0.3, 0.4) is 0 Å². The van der Waals surface area contributed by atoms with Crippen LogP contribution in [0.4, 0.5) is 16.5 Å². The maximum absolute atomic E-state index is 13.3. The molecule has 11 heteroatoms. The van der Waals surface area contributed by atoms with E-state index < -0.39 is 4.92 Å². The molecule has 0 bridgehead atoms. The fourth-order valence-electron chi connectivity index (χ4n) is 3.38. The van der Waals surface area contributed by atoms with Crippen LogP contribution >= 0.6 is 22.7 Å². The van der Waals surface area contributed by atoms with Crippen molar-refractivity contribution in [3.05, 3.63) is 102 Å². The Morgan fingerprint density at radius 2 is 1.88 bits per heavy atom. The Morgan fingerprint density at radius 1 is 1.06 bits per heavy atom. The SMILES string of the molecule is O=c1c2ccccc2nc(Cc2ccsc2)n1Cc1nnc(Nc2ccc([N+](=O)[O-])cc2)s1. The summed E-state index contributed by atoms with van der Waals surface area (Å²) in [6.45, 7) is 0.246. The minimum Gasteiger partial charge on any atom is -0.330 e. The molecule has 0 saturated carbocycles. The summed E-state index contributed by atoms with van der Waals surface area (Å²) in [4.78, 5) is 28.4. The Labute approximate surface area is 195 Å². The summed E-state index contributed by atoms with van der Waals surface area (Å²) >= 11 is 2.91. The second-order valence-corrected chi connectivity index (χ2v) is 9.02. The predicted octanol–water partition coefficient (Wildman–Crippen LogP) is 4.60. The molecular weight excluding hydrogens is 460 g/mol. The van der Waals surface area contributed by atoms with Gasteiger partial charge in [0.2, 0.25) is 5.13 Å². The van der Waals surface area contributed by atoms with Crippen LogP contribution in [0, 0.1) is 10.1 Å². The zero-order valence-electron chi connectivity index (χ0n) is 17.0. The number of nitro groups is 1. The Morgan fingerprint density at radius 3 is 2.64 bits per heavy atom. The number of anilines is 2. The van der Waals surface area contributed by atoms with E-state index >= 15 is 0 Å². The van der Waals surface area contributed by atoms with Gasteiger partial charge in [-0.1, -0.05) is 23.5 Å². The highest BCUT2D eigenvalue weighted by atomic mass is 32.1. The zero-order valence-corrected chi connectivity index (χ0v) is 18.7. The first-order valence-electron chi connectivity index (χ1n) is 9.90. The number of benzene rings is 2. The lowest BCUT2D eigenvalue weighted by atomic mass is 10.2. The first-order chi connectivity index (χ1) is 16.1. The van der Waals surface area contributed by atoms with Gasteiger partial charge in [-0.3, -0.25) is 19.5 Å². The summed E-state index contributed by atoms with van der Waals surface area (Å²) in [5, 5.41) is 28.1. The van der Waals surface area contributed by atoms with Gasteiger partial charge in [0.1, 0.15) is 10.8 Å².